The van der Waals surface area contributed by atoms with Gasteiger partial charge in [-0.2, -0.15) is 0 Å². The monoisotopic (exact) mass is 209 g/mol. The molecule has 0 saturated heterocycles. The molecular weight excluding hydrogens is 190 g/mol. The van der Waals surface area contributed by atoms with Crippen LogP contribution in [0.15, 0.2) is 12.2 Å². The average Bonchev–Trinajstić information content (AvgIpc) is 3.08. The van der Waals surface area contributed by atoms with Crippen LogP contribution in [0.3, 0.4) is 0 Å². The summed E-state index contributed by atoms with van der Waals surface area (Å²) in [6, 6.07) is 0. The Bertz CT molecular complexity index is 269. The largest absolute Gasteiger partial charge is 0.396 e. The summed E-state index contributed by atoms with van der Waals surface area (Å²) in [4.78, 5) is 11.8. The molecule has 15 heavy (non-hydrogen) atoms. The van der Waals surface area contributed by atoms with E-state index in [1.54, 1.807) is 0 Å². The van der Waals surface area contributed by atoms with Gasteiger partial charge < -0.3 is 10.4 Å². The Kier molecular flexibility index (Phi) is 3.10. The highest BCUT2D eigenvalue weighted by molar-refractivity contribution is 5.79. The first-order chi connectivity index (χ1) is 7.26. The molecule has 2 N–H and O–H groups in total. The number of carbonyl (C=O) groups excluding carboxylic acids is 1. The molecule has 0 aromatic heterocycles. The maximum atomic E-state index is 11.8. The standard InChI is InChI=1S/C12H19NO2/c14-9-12(6-7-12)8-13-11(15)10-4-2-1-3-5-10/h1-2,10,14H,3-9H2,(H,13,15)/t10-/m1/s1. The van der Waals surface area contributed by atoms with E-state index in [0.29, 0.717) is 6.54 Å². The third-order valence-corrected chi connectivity index (χ3v) is 3.57. The molecule has 0 aromatic carbocycles. The van der Waals surface area contributed by atoms with Crippen LogP contribution in [0.2, 0.25) is 0 Å². The second-order valence-electron chi connectivity index (χ2n) is 4.86. The Morgan fingerprint density at radius 1 is 1.47 bits per heavy atom. The highest BCUT2D eigenvalue weighted by Gasteiger charge is 2.42. The van der Waals surface area contributed by atoms with Crippen molar-refractivity contribution in [3.8, 4) is 0 Å². The number of nitrogens with one attached hydrogen (secondary N) is 1. The van der Waals surface area contributed by atoms with Gasteiger partial charge in [0.15, 0.2) is 0 Å². The highest BCUT2D eigenvalue weighted by Crippen LogP contribution is 2.44. The number of aliphatic hydroxyl groups excluding tert-OH is 1. The van der Waals surface area contributed by atoms with Crippen molar-refractivity contribution >= 4 is 5.91 Å². The van der Waals surface area contributed by atoms with Gasteiger partial charge in [-0.1, -0.05) is 12.2 Å². The van der Waals surface area contributed by atoms with E-state index in [1.807, 2.05) is 0 Å². The third kappa shape index (κ3) is 2.59. The highest BCUT2D eigenvalue weighted by atomic mass is 16.3. The van der Waals surface area contributed by atoms with Crippen LogP contribution in [0.5, 0.6) is 0 Å². The fourth-order valence-corrected chi connectivity index (χ4v) is 2.02. The number of hydrogen-bond acceptors (Lipinski definition) is 2. The number of hydrogen-bond donors (Lipinski definition) is 2. The molecular formula is C12H19NO2. The molecule has 2 aliphatic rings. The number of allylic oxidation sites excluding steroid dienone is 2. The molecule has 3 heteroatoms. The second kappa shape index (κ2) is 4.35. The van der Waals surface area contributed by atoms with Gasteiger partial charge in [0.25, 0.3) is 0 Å². The molecule has 3 nitrogen and oxygen atoms in total. The van der Waals surface area contributed by atoms with Crippen molar-refractivity contribution in [1.29, 1.82) is 0 Å². The summed E-state index contributed by atoms with van der Waals surface area (Å²) in [5, 5.41) is 12.1. The molecule has 84 valence electrons. The average molecular weight is 209 g/mol. The summed E-state index contributed by atoms with van der Waals surface area (Å²) < 4.78 is 0. The smallest absolute Gasteiger partial charge is 0.223 e. The van der Waals surface area contributed by atoms with E-state index in [-0.39, 0.29) is 23.8 Å². The zero-order chi connectivity index (χ0) is 10.7. The van der Waals surface area contributed by atoms with E-state index in [1.165, 1.54) is 0 Å². The quantitative estimate of drug-likeness (QED) is 0.684. The Hall–Kier alpha value is -0.830. The Morgan fingerprint density at radius 3 is 2.80 bits per heavy atom. The molecule has 0 heterocycles. The van der Waals surface area contributed by atoms with Gasteiger partial charge in [-0.25, -0.2) is 0 Å². The lowest BCUT2D eigenvalue weighted by Crippen LogP contribution is -2.36. The van der Waals surface area contributed by atoms with Gasteiger partial charge in [0.05, 0.1) is 6.61 Å². The van der Waals surface area contributed by atoms with E-state index in [4.69, 9.17) is 5.11 Å². The van der Waals surface area contributed by atoms with E-state index in [2.05, 4.69) is 17.5 Å². The maximum Gasteiger partial charge on any atom is 0.223 e. The van der Waals surface area contributed by atoms with Crippen LogP contribution in [0.1, 0.15) is 32.1 Å². The molecule has 0 bridgehead atoms. The van der Waals surface area contributed by atoms with Gasteiger partial charge in [0, 0.05) is 17.9 Å². The molecule has 0 unspecified atom stereocenters. The number of rotatable bonds is 4. The minimum atomic E-state index is 0.0279. The van der Waals surface area contributed by atoms with Crippen molar-refractivity contribution in [1.82, 2.24) is 5.32 Å². The molecule has 0 aromatic rings. The summed E-state index contributed by atoms with van der Waals surface area (Å²) in [7, 11) is 0. The van der Waals surface area contributed by atoms with Crippen LogP contribution < -0.4 is 5.32 Å². The Morgan fingerprint density at radius 2 is 2.27 bits per heavy atom. The lowest BCUT2D eigenvalue weighted by atomic mass is 9.93. The third-order valence-electron chi connectivity index (χ3n) is 3.57. The normalized spacial score (nSPS) is 27.4. The topological polar surface area (TPSA) is 49.3 Å². The van der Waals surface area contributed by atoms with Crippen molar-refractivity contribution in [3.05, 3.63) is 12.2 Å². The van der Waals surface area contributed by atoms with Crippen LogP contribution in [0, 0.1) is 11.3 Å². The van der Waals surface area contributed by atoms with Gasteiger partial charge in [0.1, 0.15) is 0 Å². The molecule has 0 aliphatic heterocycles. The summed E-state index contributed by atoms with van der Waals surface area (Å²) >= 11 is 0. The first-order valence-corrected chi connectivity index (χ1v) is 5.79. The molecule has 0 radical (unpaired) electrons. The molecule has 0 spiro atoms. The lowest BCUT2D eigenvalue weighted by Gasteiger charge is -2.19. The summed E-state index contributed by atoms with van der Waals surface area (Å²) in [5.41, 5.74) is 0.0279. The summed E-state index contributed by atoms with van der Waals surface area (Å²) in [6.07, 6.45) is 9.19. The van der Waals surface area contributed by atoms with Crippen LogP contribution in [-0.4, -0.2) is 24.2 Å². The number of carbonyl (C=O) groups is 1. The SMILES string of the molecule is O=C(NCC1(CO)CC1)[C@@H]1CC=CCC1. The van der Waals surface area contributed by atoms with Crippen LogP contribution >= 0.6 is 0 Å². The predicted molar refractivity (Wildman–Crippen MR) is 58.2 cm³/mol. The van der Waals surface area contributed by atoms with E-state index in [9.17, 15) is 4.79 Å². The molecule has 1 saturated carbocycles. The van der Waals surface area contributed by atoms with Crippen molar-refractivity contribution in [2.75, 3.05) is 13.2 Å². The number of aliphatic hydroxyl groups is 1. The maximum absolute atomic E-state index is 11.8. The molecule has 1 amide bonds. The second-order valence-corrected chi connectivity index (χ2v) is 4.86. The predicted octanol–water partition coefficient (Wildman–Crippen LogP) is 1.23. The zero-order valence-electron chi connectivity index (χ0n) is 9.04. The minimum Gasteiger partial charge on any atom is -0.396 e. The van der Waals surface area contributed by atoms with Crippen LogP contribution in [-0.2, 0) is 4.79 Å². The summed E-state index contributed by atoms with van der Waals surface area (Å²) in [5.74, 6) is 0.323. The van der Waals surface area contributed by atoms with E-state index in [0.717, 1.165) is 32.1 Å². The van der Waals surface area contributed by atoms with Gasteiger partial charge in [-0.05, 0) is 32.1 Å². The first-order valence-electron chi connectivity index (χ1n) is 5.79. The van der Waals surface area contributed by atoms with Crippen molar-refractivity contribution < 1.29 is 9.90 Å². The van der Waals surface area contributed by atoms with Crippen LogP contribution in [0.4, 0.5) is 0 Å². The van der Waals surface area contributed by atoms with Crippen LogP contribution in [0.25, 0.3) is 0 Å². The van der Waals surface area contributed by atoms with Crippen molar-refractivity contribution in [3.63, 3.8) is 0 Å². The van der Waals surface area contributed by atoms with Gasteiger partial charge in [-0.15, -0.1) is 0 Å². The van der Waals surface area contributed by atoms with Gasteiger partial charge in [-0.3, -0.25) is 4.79 Å². The zero-order valence-corrected chi connectivity index (χ0v) is 9.04. The van der Waals surface area contributed by atoms with E-state index >= 15 is 0 Å². The fourth-order valence-electron chi connectivity index (χ4n) is 2.02. The molecule has 1 atom stereocenters. The summed E-state index contributed by atoms with van der Waals surface area (Å²) in [6.45, 7) is 0.862. The Balaban J connectivity index is 1.74. The fraction of sp³-hybridized carbons (Fsp3) is 0.750. The van der Waals surface area contributed by atoms with Crippen molar-refractivity contribution in [2.24, 2.45) is 11.3 Å². The molecule has 2 aliphatic carbocycles. The molecule has 1 fully saturated rings. The molecule has 2 rings (SSSR count). The van der Waals surface area contributed by atoms with E-state index < -0.39 is 0 Å². The minimum absolute atomic E-state index is 0.0279. The van der Waals surface area contributed by atoms with Gasteiger partial charge >= 0.3 is 0 Å². The van der Waals surface area contributed by atoms with Gasteiger partial charge in [0.2, 0.25) is 5.91 Å². The van der Waals surface area contributed by atoms with Crippen molar-refractivity contribution in [2.45, 2.75) is 32.1 Å². The Labute approximate surface area is 90.6 Å². The first kappa shape index (κ1) is 10.7. The lowest BCUT2D eigenvalue weighted by molar-refractivity contribution is -0.125. The number of amides is 1.